The van der Waals surface area contributed by atoms with Gasteiger partial charge in [0.25, 0.3) is 5.09 Å². The maximum Gasteiger partial charge on any atom is 0.294 e. The normalized spacial score (nSPS) is 18.6. The van der Waals surface area contributed by atoms with Crippen LogP contribution < -0.4 is 19.5 Å². The lowest BCUT2D eigenvalue weighted by Gasteiger charge is -2.31. The van der Waals surface area contributed by atoms with Crippen LogP contribution in [0.3, 0.4) is 0 Å². The second-order valence-electron chi connectivity index (χ2n) is 12.2. The molecule has 2 aliphatic rings. The van der Waals surface area contributed by atoms with E-state index in [1.165, 1.54) is 0 Å². The highest BCUT2D eigenvalue weighted by Gasteiger charge is 2.48. The third kappa shape index (κ3) is 9.96. The van der Waals surface area contributed by atoms with Crippen LogP contribution in [0, 0.1) is 16.0 Å². The van der Waals surface area contributed by atoms with Crippen LogP contribution in [0.2, 0.25) is 0 Å². The van der Waals surface area contributed by atoms with Crippen molar-refractivity contribution in [1.29, 1.82) is 0 Å². The lowest BCUT2D eigenvalue weighted by Crippen LogP contribution is -2.42. The number of unbranched alkanes of at least 4 members (excludes halogenated alkanes) is 5. The van der Waals surface area contributed by atoms with Gasteiger partial charge in [0.05, 0.1) is 26.2 Å². The molecule has 258 valence electrons. The number of hydrogen-bond donors (Lipinski definition) is 1. The molecule has 2 amide bonds. The summed E-state index contributed by atoms with van der Waals surface area (Å²) >= 11 is 0. The largest absolute Gasteiger partial charge is 0.497 e. The molecular formula is C35H50N4O8. The van der Waals surface area contributed by atoms with Gasteiger partial charge in [-0.05, 0) is 61.1 Å². The molecule has 12 heteroatoms. The molecule has 0 aromatic heterocycles. The Hall–Kier alpha value is -4.06. The number of benzene rings is 2. The first-order chi connectivity index (χ1) is 22.9. The first-order valence-electron chi connectivity index (χ1n) is 17.0. The quantitative estimate of drug-likeness (QED) is 0.112. The van der Waals surface area contributed by atoms with Crippen LogP contribution in [-0.4, -0.2) is 79.9 Å². The molecule has 12 nitrogen and oxygen atoms in total. The maximum atomic E-state index is 14.2. The molecule has 0 bridgehead atoms. The molecule has 1 fully saturated rings. The molecule has 47 heavy (non-hydrogen) atoms. The van der Waals surface area contributed by atoms with Crippen LogP contribution in [0.5, 0.6) is 17.2 Å². The lowest BCUT2D eigenvalue weighted by atomic mass is 9.82. The molecule has 1 N–H and O–H groups in total. The molecule has 0 saturated carbocycles. The van der Waals surface area contributed by atoms with E-state index in [1.54, 1.807) is 7.11 Å². The number of rotatable bonds is 20. The van der Waals surface area contributed by atoms with Gasteiger partial charge in [-0.2, -0.15) is 0 Å². The van der Waals surface area contributed by atoms with E-state index in [0.29, 0.717) is 31.0 Å². The van der Waals surface area contributed by atoms with Crippen molar-refractivity contribution in [1.82, 2.24) is 15.1 Å². The summed E-state index contributed by atoms with van der Waals surface area (Å²) in [5.41, 5.74) is 1.91. The molecule has 2 unspecified atom stereocenters. The monoisotopic (exact) mass is 654 g/mol. The van der Waals surface area contributed by atoms with Crippen LogP contribution >= 0.6 is 0 Å². The van der Waals surface area contributed by atoms with Crippen molar-refractivity contribution in [2.45, 2.75) is 77.2 Å². The Balaban J connectivity index is 1.59. The van der Waals surface area contributed by atoms with Crippen LogP contribution in [-0.2, 0) is 14.4 Å². The zero-order chi connectivity index (χ0) is 33.6. The molecule has 2 aromatic carbocycles. The van der Waals surface area contributed by atoms with E-state index in [1.807, 2.05) is 47.4 Å². The van der Waals surface area contributed by atoms with Gasteiger partial charge in [-0.1, -0.05) is 57.7 Å². The number of carbonyl (C=O) groups is 2. The van der Waals surface area contributed by atoms with E-state index >= 15 is 0 Å². The van der Waals surface area contributed by atoms with Gasteiger partial charge in [0.15, 0.2) is 11.5 Å². The summed E-state index contributed by atoms with van der Waals surface area (Å²) in [4.78, 5) is 47.0. The molecule has 1 saturated heterocycles. The Bertz CT molecular complexity index is 1300. The summed E-state index contributed by atoms with van der Waals surface area (Å²) in [5.74, 6) is 1.37. The molecule has 2 heterocycles. The summed E-state index contributed by atoms with van der Waals surface area (Å²) in [5, 5.41) is 12.8. The van der Waals surface area contributed by atoms with Gasteiger partial charge in [0.2, 0.25) is 18.6 Å². The van der Waals surface area contributed by atoms with Crippen molar-refractivity contribution in [3.8, 4) is 17.2 Å². The number of nitrogens with one attached hydrogen (secondary N) is 1. The molecule has 2 aromatic rings. The number of nitrogens with zero attached hydrogens (tertiary/aromatic N) is 3. The first-order valence-corrected chi connectivity index (χ1v) is 17.0. The van der Waals surface area contributed by atoms with E-state index < -0.39 is 11.0 Å². The van der Waals surface area contributed by atoms with Crippen LogP contribution in [0.1, 0.15) is 88.3 Å². The Labute approximate surface area is 277 Å². The third-order valence-electron chi connectivity index (χ3n) is 9.00. The number of hydrogen-bond acceptors (Lipinski definition) is 9. The van der Waals surface area contributed by atoms with Gasteiger partial charge >= 0.3 is 0 Å². The second-order valence-corrected chi connectivity index (χ2v) is 12.2. The van der Waals surface area contributed by atoms with Gasteiger partial charge in [0, 0.05) is 38.1 Å². The fraction of sp³-hybridized carbons (Fsp3) is 0.600. The predicted octanol–water partition coefficient (Wildman–Crippen LogP) is 5.49. The van der Waals surface area contributed by atoms with Crippen molar-refractivity contribution < 1.29 is 33.7 Å². The Morgan fingerprint density at radius 2 is 1.64 bits per heavy atom. The van der Waals surface area contributed by atoms with Crippen molar-refractivity contribution in [3.63, 3.8) is 0 Å². The molecule has 0 spiro atoms. The minimum absolute atomic E-state index is 0.0745. The molecule has 3 atom stereocenters. The zero-order valence-corrected chi connectivity index (χ0v) is 28.0. The van der Waals surface area contributed by atoms with Crippen LogP contribution in [0.25, 0.3) is 0 Å². The fourth-order valence-corrected chi connectivity index (χ4v) is 6.47. The van der Waals surface area contributed by atoms with E-state index in [2.05, 4.69) is 28.9 Å². The van der Waals surface area contributed by atoms with Gasteiger partial charge in [-0.25, -0.2) is 0 Å². The first kappa shape index (κ1) is 35.8. The van der Waals surface area contributed by atoms with Gasteiger partial charge in [-0.15, -0.1) is 10.1 Å². The minimum Gasteiger partial charge on any atom is -0.497 e. The summed E-state index contributed by atoms with van der Waals surface area (Å²) in [7, 11) is 1.62. The minimum atomic E-state index is -0.775. The van der Waals surface area contributed by atoms with Gasteiger partial charge in [-0.3, -0.25) is 14.5 Å². The van der Waals surface area contributed by atoms with E-state index in [4.69, 9.17) is 14.2 Å². The molecule has 0 aliphatic carbocycles. The lowest BCUT2D eigenvalue weighted by molar-refractivity contribution is -0.757. The van der Waals surface area contributed by atoms with Crippen LogP contribution in [0.15, 0.2) is 42.5 Å². The number of carbonyl (C=O) groups excluding carboxylic acids is 2. The average molecular weight is 655 g/mol. The second kappa shape index (κ2) is 18.3. The fourth-order valence-electron chi connectivity index (χ4n) is 6.47. The average Bonchev–Trinajstić information content (AvgIpc) is 3.70. The highest BCUT2D eigenvalue weighted by molar-refractivity contribution is 5.82. The highest BCUT2D eigenvalue weighted by atomic mass is 16.9. The number of ether oxygens (including phenoxy) is 3. The van der Waals surface area contributed by atoms with E-state index in [-0.39, 0.29) is 43.7 Å². The Kier molecular flexibility index (Phi) is 14.0. The number of likely N-dealkylation sites (tertiary alicyclic amines) is 1. The number of fused-ring (bicyclic) bond motifs is 1. The molecule has 0 radical (unpaired) electrons. The number of methoxy groups -OCH3 is 1. The van der Waals surface area contributed by atoms with E-state index in [0.717, 1.165) is 74.9 Å². The zero-order valence-electron chi connectivity index (χ0n) is 28.0. The smallest absolute Gasteiger partial charge is 0.294 e. The van der Waals surface area contributed by atoms with Crippen molar-refractivity contribution >= 4 is 11.8 Å². The van der Waals surface area contributed by atoms with Gasteiger partial charge < -0.3 is 29.3 Å². The third-order valence-corrected chi connectivity index (χ3v) is 9.00. The summed E-state index contributed by atoms with van der Waals surface area (Å²) in [6.45, 7) is 7.16. The highest BCUT2D eigenvalue weighted by Crippen LogP contribution is 2.48. The van der Waals surface area contributed by atoms with Crippen molar-refractivity contribution in [3.05, 3.63) is 63.7 Å². The predicted molar refractivity (Wildman–Crippen MR) is 177 cm³/mol. The summed E-state index contributed by atoms with van der Waals surface area (Å²) < 4.78 is 16.7. The molecule has 4 rings (SSSR count). The Morgan fingerprint density at radius 3 is 2.32 bits per heavy atom. The SMILES string of the molecule is CCCCN(CCCC)C(=O)CN1CC(c2ccc3c(c2)OCO3)[C@@H](C(=O)NCCCCCCO[N+](=O)[O-])C1c1ccc(OC)cc1. The van der Waals surface area contributed by atoms with E-state index in [9.17, 15) is 19.7 Å². The van der Waals surface area contributed by atoms with Crippen LogP contribution in [0.4, 0.5) is 0 Å². The maximum absolute atomic E-state index is 14.2. The molecule has 2 aliphatic heterocycles. The number of amides is 2. The van der Waals surface area contributed by atoms with Crippen molar-refractivity contribution in [2.24, 2.45) is 5.92 Å². The summed E-state index contributed by atoms with van der Waals surface area (Å²) in [6, 6.07) is 13.3. The van der Waals surface area contributed by atoms with Crippen molar-refractivity contribution in [2.75, 3.05) is 53.2 Å². The standard InChI is InChI=1S/C35H50N4O8/c1-4-6-19-37(20-7-5-2)32(40)24-38-23-29(27-14-17-30-31(22-27)46-25-45-30)33(34(38)26-12-15-28(44-3)16-13-26)35(41)36-18-10-8-9-11-21-47-39(42)43/h12-17,22,29,33-34H,4-11,18-21,23-25H2,1-3H3,(H,36,41)/t29?,33-,34?/m1/s1. The summed E-state index contributed by atoms with van der Waals surface area (Å²) in [6.07, 6.45) is 6.82. The molecular weight excluding hydrogens is 604 g/mol. The topological polar surface area (TPSA) is 133 Å². The van der Waals surface area contributed by atoms with Gasteiger partial charge in [0.1, 0.15) is 5.75 Å². The Morgan fingerprint density at radius 1 is 0.957 bits per heavy atom.